The maximum atomic E-state index is 11.9. The van der Waals surface area contributed by atoms with Crippen molar-refractivity contribution in [2.24, 2.45) is 0 Å². The van der Waals surface area contributed by atoms with Gasteiger partial charge in [0.05, 0.1) is 10.8 Å². The fraction of sp³-hybridized carbons (Fsp3) is 0.364. The summed E-state index contributed by atoms with van der Waals surface area (Å²) in [6.45, 7) is 1.76. The van der Waals surface area contributed by atoms with E-state index in [1.807, 2.05) is 0 Å². The number of benzene rings is 1. The highest BCUT2D eigenvalue weighted by Crippen LogP contribution is 2.34. The quantitative estimate of drug-likeness (QED) is 0.856. The molecule has 1 atom stereocenters. The zero-order valence-corrected chi connectivity index (χ0v) is 10.7. The van der Waals surface area contributed by atoms with Gasteiger partial charge < -0.3 is 5.32 Å². The molecule has 0 bridgehead atoms. The first kappa shape index (κ1) is 12.1. The van der Waals surface area contributed by atoms with Gasteiger partial charge in [-0.25, -0.2) is 12.7 Å². The van der Waals surface area contributed by atoms with Crippen LogP contribution in [0.25, 0.3) is 0 Å². The Kier molecular flexibility index (Phi) is 2.71. The van der Waals surface area contributed by atoms with E-state index in [4.69, 9.17) is 0 Å². The van der Waals surface area contributed by atoms with Crippen LogP contribution in [0, 0.1) is 0 Å². The molecule has 0 aliphatic carbocycles. The minimum absolute atomic E-state index is 0.0978. The lowest BCUT2D eigenvalue weighted by Crippen LogP contribution is -2.22. The van der Waals surface area contributed by atoms with Gasteiger partial charge in [-0.3, -0.25) is 4.79 Å². The monoisotopic (exact) mass is 254 g/mol. The molecule has 5 nitrogen and oxygen atoms in total. The van der Waals surface area contributed by atoms with Crippen molar-refractivity contribution in [3.8, 4) is 0 Å². The van der Waals surface area contributed by atoms with Crippen LogP contribution in [0.4, 0.5) is 5.69 Å². The van der Waals surface area contributed by atoms with Crippen LogP contribution in [0.5, 0.6) is 0 Å². The molecule has 6 heteroatoms. The fourth-order valence-corrected chi connectivity index (χ4v) is 2.70. The zero-order valence-electron chi connectivity index (χ0n) is 9.89. The van der Waals surface area contributed by atoms with Crippen molar-refractivity contribution in [3.05, 3.63) is 23.8 Å². The third-order valence-corrected chi connectivity index (χ3v) is 4.73. The molecule has 1 N–H and O–H groups in total. The fourth-order valence-electron chi connectivity index (χ4n) is 1.77. The van der Waals surface area contributed by atoms with Crippen LogP contribution in [0.15, 0.2) is 23.1 Å². The van der Waals surface area contributed by atoms with E-state index in [1.54, 1.807) is 19.1 Å². The molecule has 0 radical (unpaired) electrons. The predicted octanol–water partition coefficient (Wildman–Crippen LogP) is 0.992. The van der Waals surface area contributed by atoms with E-state index in [2.05, 4.69) is 5.32 Å². The van der Waals surface area contributed by atoms with Gasteiger partial charge in [0.15, 0.2) is 0 Å². The Balaban J connectivity index is 2.53. The number of nitrogens with zero attached hydrogens (tertiary/aromatic N) is 1. The smallest absolute Gasteiger partial charge is 0.242 e. The molecule has 1 amide bonds. The number of carbonyl (C=O) groups is 1. The highest BCUT2D eigenvalue weighted by Gasteiger charge is 2.28. The highest BCUT2D eigenvalue weighted by atomic mass is 32.2. The summed E-state index contributed by atoms with van der Waals surface area (Å²) in [5.74, 6) is -0.401. The van der Waals surface area contributed by atoms with Crippen molar-refractivity contribution in [1.82, 2.24) is 4.31 Å². The highest BCUT2D eigenvalue weighted by molar-refractivity contribution is 7.89. The average Bonchev–Trinajstić information content (AvgIpc) is 2.54. The van der Waals surface area contributed by atoms with Crippen molar-refractivity contribution >= 4 is 21.6 Å². The standard InChI is InChI=1S/C11H14N2O3S/c1-7-9-6-8(17(15,16)13(2)3)4-5-10(9)12-11(7)14/h4-7H,1-3H3,(H,12,14)/t7-/m1/s1. The number of carbonyl (C=O) groups excluding carboxylic acids is 1. The third-order valence-electron chi connectivity index (χ3n) is 2.92. The Morgan fingerprint density at radius 1 is 1.29 bits per heavy atom. The van der Waals surface area contributed by atoms with E-state index in [-0.39, 0.29) is 16.7 Å². The Labute approximate surface area is 100 Å². The van der Waals surface area contributed by atoms with Crippen LogP contribution in [0.2, 0.25) is 0 Å². The van der Waals surface area contributed by atoms with Gasteiger partial charge in [-0.2, -0.15) is 0 Å². The van der Waals surface area contributed by atoms with E-state index in [1.165, 1.54) is 20.2 Å². The normalized spacial score (nSPS) is 19.3. The van der Waals surface area contributed by atoms with E-state index in [9.17, 15) is 13.2 Å². The predicted molar refractivity (Wildman–Crippen MR) is 64.4 cm³/mol. The summed E-state index contributed by atoms with van der Waals surface area (Å²) in [4.78, 5) is 11.7. The number of nitrogens with one attached hydrogen (secondary N) is 1. The zero-order chi connectivity index (χ0) is 12.8. The lowest BCUT2D eigenvalue weighted by Gasteiger charge is -2.12. The minimum Gasteiger partial charge on any atom is -0.325 e. The van der Waals surface area contributed by atoms with Crippen molar-refractivity contribution in [3.63, 3.8) is 0 Å². The van der Waals surface area contributed by atoms with Crippen LogP contribution in [-0.2, 0) is 14.8 Å². The second-order valence-corrected chi connectivity index (χ2v) is 6.40. The molecule has 1 aromatic rings. The van der Waals surface area contributed by atoms with Gasteiger partial charge in [-0.1, -0.05) is 0 Å². The summed E-state index contributed by atoms with van der Waals surface area (Å²) in [6, 6.07) is 4.70. The molecule has 17 heavy (non-hydrogen) atoms. The summed E-state index contributed by atoms with van der Waals surface area (Å²) in [5.41, 5.74) is 1.43. The van der Waals surface area contributed by atoms with Crippen molar-refractivity contribution in [2.75, 3.05) is 19.4 Å². The number of fused-ring (bicyclic) bond motifs is 1. The van der Waals surface area contributed by atoms with Crippen LogP contribution >= 0.6 is 0 Å². The molecular weight excluding hydrogens is 240 g/mol. The number of sulfonamides is 1. The molecule has 0 unspecified atom stereocenters. The molecule has 0 fully saturated rings. The molecule has 1 aromatic carbocycles. The summed E-state index contributed by atoms with van der Waals surface area (Å²) in [6.07, 6.45) is 0. The Bertz CT molecular complexity index is 578. The molecule has 2 rings (SSSR count). The van der Waals surface area contributed by atoms with Gasteiger partial charge >= 0.3 is 0 Å². The van der Waals surface area contributed by atoms with Crippen LogP contribution < -0.4 is 5.32 Å². The van der Waals surface area contributed by atoms with Gasteiger partial charge in [-0.15, -0.1) is 0 Å². The average molecular weight is 254 g/mol. The molecule has 0 saturated heterocycles. The Morgan fingerprint density at radius 2 is 1.94 bits per heavy atom. The third kappa shape index (κ3) is 1.83. The van der Waals surface area contributed by atoms with Gasteiger partial charge in [-0.05, 0) is 30.7 Å². The lowest BCUT2D eigenvalue weighted by molar-refractivity contribution is -0.116. The summed E-state index contributed by atoms with van der Waals surface area (Å²) in [5, 5.41) is 2.71. The summed E-state index contributed by atoms with van der Waals surface area (Å²) in [7, 11) is -0.482. The van der Waals surface area contributed by atoms with E-state index < -0.39 is 10.0 Å². The van der Waals surface area contributed by atoms with Gasteiger partial charge in [0.25, 0.3) is 0 Å². The molecule has 92 valence electrons. The second kappa shape index (κ2) is 3.82. The second-order valence-electron chi connectivity index (χ2n) is 4.25. The van der Waals surface area contributed by atoms with Crippen molar-refractivity contribution in [2.45, 2.75) is 17.7 Å². The first-order valence-electron chi connectivity index (χ1n) is 5.21. The maximum Gasteiger partial charge on any atom is 0.242 e. The Hall–Kier alpha value is -1.40. The van der Waals surface area contributed by atoms with Crippen molar-refractivity contribution in [1.29, 1.82) is 0 Å². The first-order valence-corrected chi connectivity index (χ1v) is 6.65. The Morgan fingerprint density at radius 3 is 2.53 bits per heavy atom. The van der Waals surface area contributed by atoms with Crippen LogP contribution in [-0.4, -0.2) is 32.7 Å². The van der Waals surface area contributed by atoms with Gasteiger partial charge in [0, 0.05) is 19.8 Å². The van der Waals surface area contributed by atoms with Crippen molar-refractivity contribution < 1.29 is 13.2 Å². The topological polar surface area (TPSA) is 66.5 Å². The molecule has 0 saturated carbocycles. The lowest BCUT2D eigenvalue weighted by atomic mass is 10.0. The van der Waals surface area contributed by atoms with Crippen LogP contribution in [0.3, 0.4) is 0 Å². The molecular formula is C11H14N2O3S. The molecule has 1 aliphatic heterocycles. The number of hydrogen-bond donors (Lipinski definition) is 1. The van der Waals surface area contributed by atoms with E-state index >= 15 is 0 Å². The van der Waals surface area contributed by atoms with Gasteiger partial charge in [0.2, 0.25) is 15.9 Å². The summed E-state index contributed by atoms with van der Waals surface area (Å²) < 4.78 is 25.0. The maximum absolute atomic E-state index is 11.9. The number of hydrogen-bond acceptors (Lipinski definition) is 3. The first-order chi connectivity index (χ1) is 7.84. The minimum atomic E-state index is -3.45. The van der Waals surface area contributed by atoms with E-state index in [0.717, 1.165) is 9.87 Å². The molecule has 0 spiro atoms. The molecule has 0 aromatic heterocycles. The summed E-state index contributed by atoms with van der Waals surface area (Å²) >= 11 is 0. The number of amides is 1. The van der Waals surface area contributed by atoms with E-state index in [0.29, 0.717) is 5.69 Å². The molecule has 1 heterocycles. The number of rotatable bonds is 2. The number of anilines is 1. The SMILES string of the molecule is C[C@H]1C(=O)Nc2ccc(S(=O)(=O)N(C)C)cc21. The molecule has 1 aliphatic rings. The largest absolute Gasteiger partial charge is 0.325 e. The van der Waals surface area contributed by atoms with Crippen LogP contribution in [0.1, 0.15) is 18.4 Å². The van der Waals surface area contributed by atoms with Gasteiger partial charge in [0.1, 0.15) is 0 Å².